The van der Waals surface area contributed by atoms with Crippen LogP contribution in [0.4, 0.5) is 34.1 Å². The van der Waals surface area contributed by atoms with Gasteiger partial charge in [-0.05, 0) is 236 Å². The molecule has 4 heteroatoms. The minimum Gasteiger partial charge on any atom is -0.482 e. The highest BCUT2D eigenvalue weighted by molar-refractivity contribution is 6.16. The van der Waals surface area contributed by atoms with Crippen LogP contribution in [-0.4, -0.2) is 0 Å². The molecule has 0 N–H and O–H groups in total. The summed E-state index contributed by atoms with van der Waals surface area (Å²) >= 11 is 0. The van der Waals surface area contributed by atoms with Gasteiger partial charge in [0.25, 0.3) is 0 Å². The molecule has 23 aromatic rings. The van der Waals surface area contributed by atoms with Crippen molar-refractivity contribution in [3.63, 3.8) is 0 Å². The molecule has 1 aliphatic heterocycles. The lowest BCUT2D eigenvalue weighted by Crippen LogP contribution is -2.33. The van der Waals surface area contributed by atoms with Crippen molar-refractivity contribution in [3.8, 4) is 106 Å². The molecule has 0 bridgehead atoms. The molecule has 652 valence electrons. The van der Waals surface area contributed by atoms with Gasteiger partial charge >= 0.3 is 0 Å². The molecule has 0 radical (unpaired) electrons. The topological polar surface area (TPSA) is 28.9 Å². The van der Waals surface area contributed by atoms with E-state index in [1.807, 2.05) is 0 Å². The zero-order valence-corrected chi connectivity index (χ0v) is 76.4. The fraction of sp³-hybridized carbons (Fsp3) is 0.0370. The van der Waals surface area contributed by atoms with Crippen molar-refractivity contribution >= 4 is 83.7 Å². The maximum Gasteiger partial charge on any atom is 0.143 e. The quantitative estimate of drug-likeness (QED) is 0.0908. The Labute approximate surface area is 808 Å². The van der Waals surface area contributed by atoms with E-state index < -0.39 is 16.4 Å². The van der Waals surface area contributed by atoms with E-state index in [1.54, 1.807) is 0 Å². The van der Waals surface area contributed by atoms with Crippen molar-refractivity contribution in [1.29, 1.82) is 0 Å². The van der Waals surface area contributed by atoms with Crippen molar-refractivity contribution < 1.29 is 9.15 Å². The summed E-state index contributed by atoms with van der Waals surface area (Å²) in [5, 5.41) is 6.79. The minimum absolute atomic E-state index is 0.0154. The van der Waals surface area contributed by atoms with Crippen LogP contribution in [0.2, 0.25) is 0 Å². The van der Waals surface area contributed by atoms with Gasteiger partial charge in [-0.2, -0.15) is 0 Å². The fourth-order valence-corrected chi connectivity index (χ4v) is 24.1. The first-order valence-corrected chi connectivity index (χ1v) is 48.3. The van der Waals surface area contributed by atoms with Gasteiger partial charge in [0, 0.05) is 66.8 Å². The van der Waals surface area contributed by atoms with Gasteiger partial charge in [-0.1, -0.05) is 437 Å². The maximum atomic E-state index is 7.12. The lowest BCUT2D eigenvalue weighted by Gasteiger charge is -2.35. The van der Waals surface area contributed by atoms with E-state index in [1.165, 1.54) is 116 Å². The molecule has 139 heavy (non-hydrogen) atoms. The van der Waals surface area contributed by atoms with Crippen molar-refractivity contribution in [2.24, 2.45) is 0 Å². The second-order valence-electron chi connectivity index (χ2n) is 37.6. The van der Waals surface area contributed by atoms with E-state index in [-0.39, 0.29) is 5.92 Å². The Bertz CT molecular complexity index is 8810. The van der Waals surface area contributed by atoms with Gasteiger partial charge in [0.15, 0.2) is 0 Å². The van der Waals surface area contributed by atoms with Crippen molar-refractivity contribution in [2.75, 3.05) is 9.80 Å². The molecule has 0 saturated heterocycles. The van der Waals surface area contributed by atoms with Crippen LogP contribution in [0, 0.1) is 0 Å². The Morgan fingerprint density at radius 3 is 1.29 bits per heavy atom. The standard InChI is InChI=1S/C135H90N2O2/c1-133-118-52-25-19-38-95(118)69-81-119(133)117-86-99(71-83-129(117)139-133)109-47-24-28-57-124(109)136(104-76-64-94(65-77-104)107-51-29-39-91-36-17-20-46-106(91)107)125-58-30-56-123-130(125)114-50-23-27-54-121(114)135(123,102-44-15-6-16-45-102)103-72-60-88(61-73-103)97-68-79-110(98-70-82-128-116(85-98)112-80-66-93-37-18-21-48-111(93)132(112)138-128)127(87-97)137(105-74-62-89(63-75-105)96-67-78-108(90-32-7-2-8-33-90)115(84-96)92-34-9-3-10-35-92)126-59-31-55-122-131(126)113-49-22-26-53-120(113)134(122,100-40-11-4-12-41-100)101-42-13-5-14-43-101/h2-87,119H,1H3. The average molecular weight is 1770 g/mol. The Morgan fingerprint density at radius 2 is 0.662 bits per heavy atom. The lowest BCUT2D eigenvalue weighted by atomic mass is 9.67. The molecular weight excluding hydrogens is 1680 g/mol. The number of para-hydroxylation sites is 1. The number of ether oxygens (including phenoxy) is 1. The SMILES string of the molecule is CC12Oc3ccc(-c4ccccc4N(c4ccc(-c5cccc6ccccc56)cc4)c4cccc5c4-c4ccccc4C5(c4ccccc4)c4ccc(-c5ccc(-c6ccc7oc8c9ccccc9ccc8c7c6)c(N(c6ccc(-c7ccc(-c8ccccc8)c(-c8ccccc8)c7)cc6)c6cccc7c6-c6ccccc6C7(c6ccccc6)c6ccccc6)c5)cc4)cc3C1C=Cc1ccccc12. The lowest BCUT2D eigenvalue weighted by molar-refractivity contribution is 0.0996. The summed E-state index contributed by atoms with van der Waals surface area (Å²) in [7, 11) is 0. The van der Waals surface area contributed by atoms with Crippen LogP contribution in [-0.2, 0) is 16.4 Å². The smallest absolute Gasteiger partial charge is 0.143 e. The molecule has 0 fully saturated rings. The average Bonchev–Trinajstić information content (AvgIpc) is 1.53. The van der Waals surface area contributed by atoms with Crippen molar-refractivity contribution in [1.82, 2.24) is 0 Å². The molecule has 2 heterocycles. The predicted molar refractivity (Wildman–Crippen MR) is 577 cm³/mol. The largest absolute Gasteiger partial charge is 0.482 e. The molecular formula is C135H90N2O2. The summed E-state index contributed by atoms with van der Waals surface area (Å²) in [4.78, 5) is 5.12. The van der Waals surface area contributed by atoms with Crippen molar-refractivity contribution in [2.45, 2.75) is 29.3 Å². The van der Waals surface area contributed by atoms with Crippen LogP contribution in [0.15, 0.2) is 520 Å². The molecule has 3 unspecified atom stereocenters. The van der Waals surface area contributed by atoms with Gasteiger partial charge in [0.1, 0.15) is 22.5 Å². The highest BCUT2D eigenvalue weighted by atomic mass is 16.5. The monoisotopic (exact) mass is 1770 g/mol. The summed E-state index contributed by atoms with van der Waals surface area (Å²) in [6.07, 6.45) is 4.63. The molecule has 0 spiro atoms. The van der Waals surface area contributed by atoms with Crippen LogP contribution >= 0.6 is 0 Å². The molecule has 0 saturated carbocycles. The summed E-state index contributed by atoms with van der Waals surface area (Å²) in [5.74, 6) is 0.933. The molecule has 3 aliphatic carbocycles. The van der Waals surface area contributed by atoms with Gasteiger partial charge in [0.2, 0.25) is 0 Å². The molecule has 3 atom stereocenters. The van der Waals surface area contributed by atoms with Crippen LogP contribution in [0.25, 0.3) is 150 Å². The number of hydrogen-bond acceptors (Lipinski definition) is 4. The van der Waals surface area contributed by atoms with Crippen LogP contribution in [0.5, 0.6) is 5.75 Å². The van der Waals surface area contributed by atoms with E-state index in [0.717, 1.165) is 128 Å². The maximum absolute atomic E-state index is 7.12. The van der Waals surface area contributed by atoms with E-state index in [9.17, 15) is 0 Å². The first-order valence-electron chi connectivity index (χ1n) is 48.3. The number of rotatable bonds is 17. The molecule has 4 nitrogen and oxygen atoms in total. The van der Waals surface area contributed by atoms with Crippen LogP contribution in [0.3, 0.4) is 0 Å². The second kappa shape index (κ2) is 32.6. The number of hydrogen-bond donors (Lipinski definition) is 0. The third-order valence-electron chi connectivity index (χ3n) is 30.3. The Balaban J connectivity index is 0.656. The Hall–Kier alpha value is -17.7. The number of furan rings is 1. The predicted octanol–water partition coefficient (Wildman–Crippen LogP) is 35.6. The molecule has 0 amide bonds. The van der Waals surface area contributed by atoms with Gasteiger partial charge in [-0.3, -0.25) is 0 Å². The molecule has 1 aromatic heterocycles. The zero-order chi connectivity index (χ0) is 91.9. The van der Waals surface area contributed by atoms with Gasteiger partial charge in [-0.15, -0.1) is 0 Å². The van der Waals surface area contributed by atoms with Gasteiger partial charge in [-0.25, -0.2) is 0 Å². The highest BCUT2D eigenvalue weighted by Gasteiger charge is 2.51. The van der Waals surface area contributed by atoms with Crippen LogP contribution < -0.4 is 14.5 Å². The Morgan fingerprint density at radius 1 is 0.237 bits per heavy atom. The minimum atomic E-state index is -0.810. The van der Waals surface area contributed by atoms with E-state index in [2.05, 4.69) is 538 Å². The molecule has 22 aromatic carbocycles. The summed E-state index contributed by atoms with van der Waals surface area (Å²) in [6.45, 7) is 2.26. The van der Waals surface area contributed by atoms with Crippen LogP contribution in [0.1, 0.15) is 74.0 Å². The number of anilines is 6. The fourth-order valence-electron chi connectivity index (χ4n) is 24.1. The number of benzene rings is 22. The zero-order valence-electron chi connectivity index (χ0n) is 76.4. The third-order valence-corrected chi connectivity index (χ3v) is 30.3. The number of nitrogens with zero attached hydrogens (tertiary/aromatic N) is 2. The Kier molecular flexibility index (Phi) is 19.0. The first-order chi connectivity index (χ1) is 68.8. The molecule has 27 rings (SSSR count). The summed E-state index contributed by atoms with van der Waals surface area (Å²) in [5.41, 5.74) is 39.5. The van der Waals surface area contributed by atoms with Gasteiger partial charge < -0.3 is 19.0 Å². The van der Waals surface area contributed by atoms with Crippen molar-refractivity contribution in [3.05, 3.63) is 577 Å². The first kappa shape index (κ1) is 80.9. The second-order valence-corrected chi connectivity index (χ2v) is 37.6. The summed E-state index contributed by atoms with van der Waals surface area (Å²) in [6, 6.07) is 190. The number of fused-ring (bicyclic) bond motifs is 17. The highest BCUT2D eigenvalue weighted by Crippen LogP contribution is 2.64. The molecule has 4 aliphatic rings. The van der Waals surface area contributed by atoms with E-state index in [0.29, 0.717) is 0 Å². The summed E-state index contributed by atoms with van der Waals surface area (Å²) < 4.78 is 14.1. The van der Waals surface area contributed by atoms with E-state index in [4.69, 9.17) is 9.15 Å². The normalized spacial score (nSPS) is 15.4. The van der Waals surface area contributed by atoms with E-state index >= 15 is 0 Å². The third kappa shape index (κ3) is 12.8. The van der Waals surface area contributed by atoms with Gasteiger partial charge in [0.05, 0.1) is 33.6 Å².